The number of ether oxygens (including phenoxy) is 10. The number of carbonyl (C=O) groups excluding carboxylic acids is 1. The second kappa shape index (κ2) is 14.7. The van der Waals surface area contributed by atoms with Gasteiger partial charge in [0.15, 0.2) is 5.79 Å². The van der Waals surface area contributed by atoms with E-state index in [4.69, 9.17) is 47.4 Å². The predicted molar refractivity (Wildman–Crippen MR) is 193 cm³/mol. The summed E-state index contributed by atoms with van der Waals surface area (Å²) in [5, 5.41) is 20.6. The summed E-state index contributed by atoms with van der Waals surface area (Å²) in [4.78, 5) is 14.0. The van der Waals surface area contributed by atoms with Crippen LogP contribution in [0.1, 0.15) is 97.3 Å². The molecule has 13 nitrogen and oxygen atoms in total. The van der Waals surface area contributed by atoms with Gasteiger partial charge in [0.2, 0.25) is 0 Å². The largest absolute Gasteiger partial charge is 0.459 e. The highest BCUT2D eigenvalue weighted by molar-refractivity contribution is 5.70. The van der Waals surface area contributed by atoms with E-state index in [1.807, 2.05) is 6.92 Å². The van der Waals surface area contributed by atoms with Crippen molar-refractivity contribution in [3.8, 4) is 0 Å². The van der Waals surface area contributed by atoms with Gasteiger partial charge >= 0.3 is 5.97 Å². The first-order valence-electron chi connectivity index (χ1n) is 21.3. The topological polar surface area (TPSA) is 150 Å². The number of aliphatic hydroxyl groups excluding tert-OH is 2. The minimum atomic E-state index is -0.808. The third-order valence-electron chi connectivity index (χ3n) is 14.8. The molecule has 0 saturated carbocycles. The Morgan fingerprint density at radius 3 is 2.27 bits per heavy atom. The summed E-state index contributed by atoms with van der Waals surface area (Å²) in [5.41, 5.74) is 2.14. The van der Waals surface area contributed by atoms with E-state index in [-0.39, 0.29) is 98.0 Å². The minimum Gasteiger partial charge on any atom is -0.459 e. The molecule has 0 aromatic rings. The molecule has 12 bridgehead atoms. The lowest BCUT2D eigenvalue weighted by Gasteiger charge is -2.51. The first-order chi connectivity index (χ1) is 26.5. The number of hydrogen-bond donors (Lipinski definition) is 2. The summed E-state index contributed by atoms with van der Waals surface area (Å²) in [6.45, 7) is 13.1. The summed E-state index contributed by atoms with van der Waals surface area (Å²) in [6.07, 6.45) is 2.38. The predicted octanol–water partition coefficient (Wildman–Crippen LogP) is 3.59. The van der Waals surface area contributed by atoms with Crippen LogP contribution in [0.3, 0.4) is 0 Å². The van der Waals surface area contributed by atoms with E-state index in [2.05, 4.69) is 20.1 Å². The summed E-state index contributed by atoms with van der Waals surface area (Å²) >= 11 is 0. The highest BCUT2D eigenvalue weighted by Crippen LogP contribution is 2.54. The second-order valence-electron chi connectivity index (χ2n) is 18.5. The van der Waals surface area contributed by atoms with Crippen molar-refractivity contribution in [2.45, 2.75) is 213 Å². The van der Waals surface area contributed by atoms with Crippen molar-refractivity contribution in [1.82, 2.24) is 0 Å². The van der Waals surface area contributed by atoms with E-state index in [0.29, 0.717) is 38.5 Å². The van der Waals surface area contributed by atoms with Gasteiger partial charge in [-0.05, 0) is 68.4 Å². The summed E-state index contributed by atoms with van der Waals surface area (Å²) < 4.78 is 66.9. The standard InChI is InChI=1S/C42H60O13/c1-19-13-23-5-7-27-20(2)14-25(46-27)9-11-42-18-33-38(54-42)39-40(52-33)41(55-42)37-29(51-39)8-6-24(48-37)15-34(45)53-36-22(4)35-31(16-26(44)28(50-35)10-12-43)49-32(36)17-30(47-23)21(19)3/h19,22-33,35-41,43-44H,2-3,5-18H2,1,4H3/t19?,22-,23?,24?,25?,26?,27-,28?,29?,30?,31-,32-,33?,35?,36?,37-,38?,39-,40?,41?,42-/m0/s1. The molecule has 0 radical (unpaired) electrons. The van der Waals surface area contributed by atoms with Crippen molar-refractivity contribution < 1.29 is 62.4 Å². The Hall–Kier alpha value is -1.49. The molecule has 55 heavy (non-hydrogen) atoms. The van der Waals surface area contributed by atoms with Crippen LogP contribution in [-0.4, -0.2) is 138 Å². The fourth-order valence-corrected chi connectivity index (χ4v) is 11.9. The number of esters is 1. The quantitative estimate of drug-likeness (QED) is 0.312. The molecule has 11 rings (SSSR count). The van der Waals surface area contributed by atoms with Crippen LogP contribution in [0.2, 0.25) is 0 Å². The van der Waals surface area contributed by atoms with Crippen molar-refractivity contribution in [3.63, 3.8) is 0 Å². The van der Waals surface area contributed by atoms with Gasteiger partial charge in [-0.1, -0.05) is 27.0 Å². The fraction of sp³-hybridized carbons (Fsp3) is 0.881. The second-order valence-corrected chi connectivity index (χ2v) is 18.5. The molecule has 0 aromatic carbocycles. The Kier molecular flexibility index (Phi) is 10.1. The zero-order valence-corrected chi connectivity index (χ0v) is 32.2. The van der Waals surface area contributed by atoms with Crippen molar-refractivity contribution in [3.05, 3.63) is 24.3 Å². The van der Waals surface area contributed by atoms with Crippen molar-refractivity contribution >= 4 is 5.97 Å². The number of hydrogen-bond acceptors (Lipinski definition) is 13. The Bertz CT molecular complexity index is 1490. The van der Waals surface area contributed by atoms with E-state index in [0.717, 1.165) is 49.7 Å². The molecule has 11 aliphatic rings. The van der Waals surface area contributed by atoms with Gasteiger partial charge in [-0.3, -0.25) is 4.79 Å². The third-order valence-corrected chi connectivity index (χ3v) is 14.8. The molecule has 0 aromatic heterocycles. The maximum Gasteiger partial charge on any atom is 0.308 e. The molecular weight excluding hydrogens is 712 g/mol. The molecule has 11 aliphatic heterocycles. The lowest BCUT2D eigenvalue weighted by molar-refractivity contribution is -0.293. The number of carbonyl (C=O) groups is 1. The van der Waals surface area contributed by atoms with Crippen LogP contribution in [0.15, 0.2) is 24.3 Å². The Labute approximate surface area is 323 Å². The molecule has 11 heterocycles. The molecule has 21 atom stereocenters. The summed E-state index contributed by atoms with van der Waals surface area (Å²) in [7, 11) is 0. The molecule has 13 heteroatoms. The van der Waals surface area contributed by atoms with Crippen LogP contribution in [0, 0.1) is 11.8 Å². The molecule has 14 unspecified atom stereocenters. The number of aliphatic hydroxyl groups is 2. The summed E-state index contributed by atoms with van der Waals surface area (Å²) in [6, 6.07) is 0. The first-order valence-corrected chi connectivity index (χ1v) is 21.3. The zero-order valence-electron chi connectivity index (χ0n) is 32.2. The Balaban J connectivity index is 0.934. The maximum absolute atomic E-state index is 14.0. The lowest BCUT2D eigenvalue weighted by Crippen LogP contribution is -2.62. The van der Waals surface area contributed by atoms with E-state index >= 15 is 0 Å². The van der Waals surface area contributed by atoms with Gasteiger partial charge in [0.05, 0.1) is 79.7 Å². The average Bonchev–Trinajstić information content (AvgIpc) is 3.74. The third kappa shape index (κ3) is 6.79. The molecule has 306 valence electrons. The van der Waals surface area contributed by atoms with Crippen molar-refractivity contribution in [1.29, 1.82) is 0 Å². The Morgan fingerprint density at radius 1 is 0.673 bits per heavy atom. The van der Waals surface area contributed by atoms with Crippen LogP contribution >= 0.6 is 0 Å². The van der Waals surface area contributed by atoms with Crippen molar-refractivity contribution in [2.75, 3.05) is 6.61 Å². The van der Waals surface area contributed by atoms with E-state index < -0.39 is 48.5 Å². The van der Waals surface area contributed by atoms with Gasteiger partial charge in [0, 0.05) is 38.2 Å². The highest BCUT2D eigenvalue weighted by atomic mass is 16.8. The maximum atomic E-state index is 14.0. The van der Waals surface area contributed by atoms with Crippen LogP contribution in [-0.2, 0) is 52.2 Å². The SMILES string of the molecule is C=C1C(C)CC2CC[C@@H]3OC(CC[C@@]45CC6OC7C(O4)[C@H]4OC(CCC4O[C@H]7C6O5)CC(=O)OC4[C@@H](C)C5OC(CCO)C(O)C[C@@H]5O[C@H]4CC1O2)CC3=C. The molecule has 0 aliphatic carbocycles. The number of fused-ring (bicyclic) bond motifs is 7. The highest BCUT2D eigenvalue weighted by Gasteiger charge is 2.69. The molecule has 2 N–H and O–H groups in total. The van der Waals surface area contributed by atoms with Crippen molar-refractivity contribution in [2.24, 2.45) is 11.8 Å². The Morgan fingerprint density at radius 2 is 1.42 bits per heavy atom. The van der Waals surface area contributed by atoms with E-state index in [9.17, 15) is 15.0 Å². The van der Waals surface area contributed by atoms with Crippen LogP contribution in [0.5, 0.6) is 0 Å². The molecular formula is C42H60O13. The fourth-order valence-electron chi connectivity index (χ4n) is 11.9. The van der Waals surface area contributed by atoms with Gasteiger partial charge in [0.1, 0.15) is 36.6 Å². The van der Waals surface area contributed by atoms with E-state index in [1.54, 1.807) is 0 Å². The van der Waals surface area contributed by atoms with Crippen LogP contribution < -0.4 is 0 Å². The van der Waals surface area contributed by atoms with Gasteiger partial charge in [-0.2, -0.15) is 0 Å². The zero-order chi connectivity index (χ0) is 37.7. The van der Waals surface area contributed by atoms with Gasteiger partial charge in [0.25, 0.3) is 0 Å². The smallest absolute Gasteiger partial charge is 0.308 e. The van der Waals surface area contributed by atoms with Gasteiger partial charge in [-0.25, -0.2) is 0 Å². The van der Waals surface area contributed by atoms with Crippen LogP contribution in [0.4, 0.5) is 0 Å². The van der Waals surface area contributed by atoms with E-state index in [1.165, 1.54) is 0 Å². The normalized spacial score (nSPS) is 54.9. The van der Waals surface area contributed by atoms with Gasteiger partial charge < -0.3 is 57.6 Å². The number of rotatable bonds is 2. The summed E-state index contributed by atoms with van der Waals surface area (Å²) in [5.74, 6) is -1.18. The van der Waals surface area contributed by atoms with Crippen LogP contribution in [0.25, 0.3) is 0 Å². The monoisotopic (exact) mass is 772 g/mol. The molecule has 11 fully saturated rings. The average molecular weight is 773 g/mol. The first kappa shape index (κ1) is 37.8. The molecule has 11 saturated heterocycles. The molecule has 0 amide bonds. The minimum absolute atomic E-state index is 0.00281. The molecule has 1 spiro atoms. The van der Waals surface area contributed by atoms with Gasteiger partial charge in [-0.15, -0.1) is 0 Å². The lowest BCUT2D eigenvalue weighted by atomic mass is 9.79.